The predicted molar refractivity (Wildman–Crippen MR) is 85.3 cm³/mol. The van der Waals surface area contributed by atoms with E-state index in [1.807, 2.05) is 0 Å². The normalized spacial score (nSPS) is 23.1. The van der Waals surface area contributed by atoms with Gasteiger partial charge in [-0.25, -0.2) is 13.1 Å². The van der Waals surface area contributed by atoms with Gasteiger partial charge in [0.1, 0.15) is 0 Å². The monoisotopic (exact) mass is 310 g/mol. The molecule has 1 aromatic rings. The van der Waals surface area contributed by atoms with Gasteiger partial charge in [-0.1, -0.05) is 44.7 Å². The van der Waals surface area contributed by atoms with E-state index in [1.165, 1.54) is 25.7 Å². The highest BCUT2D eigenvalue weighted by Crippen LogP contribution is 2.30. The first-order chi connectivity index (χ1) is 10.0. The van der Waals surface area contributed by atoms with E-state index in [1.54, 1.807) is 24.3 Å². The van der Waals surface area contributed by atoms with Gasteiger partial charge >= 0.3 is 0 Å². The smallest absolute Gasteiger partial charge is 0.240 e. The van der Waals surface area contributed by atoms with Crippen LogP contribution < -0.4 is 10.5 Å². The highest BCUT2D eigenvalue weighted by Gasteiger charge is 2.19. The molecule has 3 N–H and O–H groups in total. The number of nitrogens with one attached hydrogen (secondary N) is 1. The van der Waals surface area contributed by atoms with Gasteiger partial charge in [0.25, 0.3) is 0 Å². The zero-order valence-electron chi connectivity index (χ0n) is 12.7. The Morgan fingerprint density at radius 3 is 2.33 bits per heavy atom. The fourth-order valence-electron chi connectivity index (χ4n) is 2.90. The maximum Gasteiger partial charge on any atom is 0.240 e. The van der Waals surface area contributed by atoms with Crippen LogP contribution in [0, 0.1) is 11.8 Å². The average molecular weight is 310 g/mol. The van der Waals surface area contributed by atoms with Crippen molar-refractivity contribution in [2.45, 2.75) is 50.5 Å². The molecular weight excluding hydrogens is 284 g/mol. The summed E-state index contributed by atoms with van der Waals surface area (Å²) in [5, 5.41) is 0. The lowest BCUT2D eigenvalue weighted by atomic mass is 9.81. The number of sulfonamides is 1. The Kier molecular flexibility index (Phi) is 5.79. The van der Waals surface area contributed by atoms with E-state index in [-0.39, 0.29) is 0 Å². The fraction of sp³-hybridized carbons (Fsp3) is 0.625. The van der Waals surface area contributed by atoms with Crippen molar-refractivity contribution in [2.75, 3.05) is 6.54 Å². The summed E-state index contributed by atoms with van der Waals surface area (Å²) in [6.45, 7) is 3.25. The van der Waals surface area contributed by atoms with Gasteiger partial charge in [-0.05, 0) is 36.0 Å². The lowest BCUT2D eigenvalue weighted by Crippen LogP contribution is -2.27. The van der Waals surface area contributed by atoms with Crippen LogP contribution in [0.25, 0.3) is 0 Å². The van der Waals surface area contributed by atoms with Crippen LogP contribution in [-0.4, -0.2) is 15.0 Å². The molecule has 0 heterocycles. The minimum absolute atomic E-state index is 0.317. The second-order valence-corrected chi connectivity index (χ2v) is 7.93. The highest BCUT2D eigenvalue weighted by molar-refractivity contribution is 7.89. The number of hydrogen-bond acceptors (Lipinski definition) is 3. The van der Waals surface area contributed by atoms with Gasteiger partial charge < -0.3 is 5.73 Å². The Morgan fingerprint density at radius 1 is 1.14 bits per heavy atom. The highest BCUT2D eigenvalue weighted by atomic mass is 32.2. The molecule has 0 spiro atoms. The van der Waals surface area contributed by atoms with Gasteiger partial charge in [-0.3, -0.25) is 0 Å². The quantitative estimate of drug-likeness (QED) is 0.848. The van der Waals surface area contributed by atoms with E-state index in [4.69, 9.17) is 5.73 Å². The summed E-state index contributed by atoms with van der Waals surface area (Å²) in [5.41, 5.74) is 6.45. The second-order valence-electron chi connectivity index (χ2n) is 6.16. The van der Waals surface area contributed by atoms with E-state index >= 15 is 0 Å². The van der Waals surface area contributed by atoms with Crippen LogP contribution in [0.5, 0.6) is 0 Å². The summed E-state index contributed by atoms with van der Waals surface area (Å²) in [6, 6.07) is 6.76. The van der Waals surface area contributed by atoms with Crippen molar-refractivity contribution in [2.24, 2.45) is 17.6 Å². The predicted octanol–water partition coefficient (Wildman–Crippen LogP) is 2.64. The van der Waals surface area contributed by atoms with Crippen LogP contribution in [0.1, 0.15) is 44.6 Å². The molecule has 0 unspecified atom stereocenters. The van der Waals surface area contributed by atoms with Gasteiger partial charge in [0.2, 0.25) is 10.0 Å². The number of benzene rings is 1. The van der Waals surface area contributed by atoms with Crippen LogP contribution in [-0.2, 0) is 16.6 Å². The molecule has 0 amide bonds. The largest absolute Gasteiger partial charge is 0.326 e. The molecular formula is C16H26N2O2S. The van der Waals surface area contributed by atoms with E-state index < -0.39 is 10.0 Å². The zero-order chi connectivity index (χ0) is 15.3. The first-order valence-electron chi connectivity index (χ1n) is 7.80. The molecule has 2 rings (SSSR count). The van der Waals surface area contributed by atoms with Crippen molar-refractivity contribution in [3.8, 4) is 0 Å². The lowest BCUT2D eigenvalue weighted by Gasteiger charge is -2.26. The van der Waals surface area contributed by atoms with Gasteiger partial charge in [-0.2, -0.15) is 0 Å². The third-order valence-electron chi connectivity index (χ3n) is 4.45. The van der Waals surface area contributed by atoms with Crippen LogP contribution >= 0.6 is 0 Å². The van der Waals surface area contributed by atoms with Crippen molar-refractivity contribution >= 4 is 10.0 Å². The van der Waals surface area contributed by atoms with Gasteiger partial charge in [0.05, 0.1) is 4.90 Å². The van der Waals surface area contributed by atoms with E-state index in [9.17, 15) is 8.42 Å². The van der Waals surface area contributed by atoms with Gasteiger partial charge in [0, 0.05) is 13.1 Å². The summed E-state index contributed by atoms with van der Waals surface area (Å²) in [5.74, 6) is 1.50. The summed E-state index contributed by atoms with van der Waals surface area (Å²) < 4.78 is 27.1. The molecule has 1 aliphatic rings. The summed E-state index contributed by atoms with van der Waals surface area (Å²) in [7, 11) is -3.39. The summed E-state index contributed by atoms with van der Waals surface area (Å²) in [6.07, 6.45) is 5.95. The molecule has 1 aliphatic carbocycles. The maximum atomic E-state index is 12.2. The molecule has 0 bridgehead atoms. The number of rotatable bonds is 6. The van der Waals surface area contributed by atoms with Crippen molar-refractivity contribution in [1.29, 1.82) is 0 Å². The molecule has 21 heavy (non-hydrogen) atoms. The zero-order valence-corrected chi connectivity index (χ0v) is 13.5. The molecule has 118 valence electrons. The van der Waals surface area contributed by atoms with Crippen molar-refractivity contribution in [3.05, 3.63) is 29.8 Å². The molecule has 1 saturated carbocycles. The molecule has 5 heteroatoms. The van der Waals surface area contributed by atoms with E-state index in [0.29, 0.717) is 23.9 Å². The standard InChI is InChI=1S/C16H26N2O2S/c1-13-2-4-14(5-3-13)10-11-18-21(19,20)16-8-6-15(12-17)7-9-16/h6-9,13-14,18H,2-5,10-12,17H2,1H3. The SMILES string of the molecule is CC1CCC(CCNS(=O)(=O)c2ccc(CN)cc2)CC1. The average Bonchev–Trinajstić information content (AvgIpc) is 2.49. The summed E-state index contributed by atoms with van der Waals surface area (Å²) >= 11 is 0. The third kappa shape index (κ3) is 4.80. The van der Waals surface area contributed by atoms with Crippen molar-refractivity contribution < 1.29 is 8.42 Å². The Labute approximate surface area is 128 Å². The number of nitrogens with two attached hydrogens (primary N) is 1. The first kappa shape index (κ1) is 16.5. The minimum Gasteiger partial charge on any atom is -0.326 e. The Morgan fingerprint density at radius 2 is 1.76 bits per heavy atom. The maximum absolute atomic E-state index is 12.2. The molecule has 1 aromatic carbocycles. The molecule has 4 nitrogen and oxygen atoms in total. The molecule has 0 radical (unpaired) electrons. The Hall–Kier alpha value is -0.910. The third-order valence-corrected chi connectivity index (χ3v) is 5.93. The van der Waals surface area contributed by atoms with Crippen LogP contribution in [0.3, 0.4) is 0 Å². The lowest BCUT2D eigenvalue weighted by molar-refractivity contribution is 0.278. The van der Waals surface area contributed by atoms with Crippen LogP contribution in [0.4, 0.5) is 0 Å². The van der Waals surface area contributed by atoms with Crippen LogP contribution in [0.2, 0.25) is 0 Å². The Balaban J connectivity index is 1.83. The molecule has 0 atom stereocenters. The van der Waals surface area contributed by atoms with E-state index in [0.717, 1.165) is 17.9 Å². The van der Waals surface area contributed by atoms with E-state index in [2.05, 4.69) is 11.6 Å². The van der Waals surface area contributed by atoms with Crippen molar-refractivity contribution in [1.82, 2.24) is 4.72 Å². The van der Waals surface area contributed by atoms with Crippen molar-refractivity contribution in [3.63, 3.8) is 0 Å². The van der Waals surface area contributed by atoms with Gasteiger partial charge in [-0.15, -0.1) is 0 Å². The first-order valence-corrected chi connectivity index (χ1v) is 9.28. The molecule has 0 aliphatic heterocycles. The summed E-state index contributed by atoms with van der Waals surface area (Å²) in [4.78, 5) is 0.317. The second kappa shape index (κ2) is 7.38. The fourth-order valence-corrected chi connectivity index (χ4v) is 3.95. The Bertz CT molecular complexity index is 532. The minimum atomic E-state index is -3.39. The molecule has 0 aromatic heterocycles. The van der Waals surface area contributed by atoms with Gasteiger partial charge in [0.15, 0.2) is 0 Å². The molecule has 0 saturated heterocycles. The molecule has 1 fully saturated rings. The number of hydrogen-bond donors (Lipinski definition) is 2. The van der Waals surface area contributed by atoms with Crippen LogP contribution in [0.15, 0.2) is 29.2 Å². The topological polar surface area (TPSA) is 72.2 Å².